The molecule has 2 heterocycles. The second kappa shape index (κ2) is 15.1. The summed E-state index contributed by atoms with van der Waals surface area (Å²) in [5, 5.41) is 2.64. The molecule has 2 saturated heterocycles. The number of carbonyl (C=O) groups excluding carboxylic acids is 3. The zero-order valence-electron chi connectivity index (χ0n) is 26.5. The Morgan fingerprint density at radius 1 is 0.911 bits per heavy atom. The smallest absolute Gasteiger partial charge is 0.410 e. The van der Waals surface area contributed by atoms with Crippen molar-refractivity contribution in [3.8, 4) is 0 Å². The maximum atomic E-state index is 12.9. The van der Waals surface area contributed by atoms with E-state index < -0.39 is 33.5 Å². The molecule has 2 aromatic rings. The van der Waals surface area contributed by atoms with Gasteiger partial charge in [0.15, 0.2) is 0 Å². The summed E-state index contributed by atoms with van der Waals surface area (Å²) in [6, 6.07) is 15.0. The minimum atomic E-state index is -3.87. The van der Waals surface area contributed by atoms with Crippen LogP contribution in [0.1, 0.15) is 49.5 Å². The number of hydrogen-bond acceptors (Lipinski definition) is 9. The van der Waals surface area contributed by atoms with Crippen LogP contribution in [0.25, 0.3) is 0 Å². The van der Waals surface area contributed by atoms with E-state index in [-0.39, 0.29) is 18.4 Å². The van der Waals surface area contributed by atoms with Crippen LogP contribution in [0.3, 0.4) is 0 Å². The van der Waals surface area contributed by atoms with E-state index in [9.17, 15) is 22.8 Å². The highest BCUT2D eigenvalue weighted by Gasteiger charge is 2.31. The number of esters is 1. The minimum absolute atomic E-state index is 0.241. The van der Waals surface area contributed by atoms with Gasteiger partial charge in [-0.3, -0.25) is 14.5 Å². The third-order valence-corrected chi connectivity index (χ3v) is 9.27. The van der Waals surface area contributed by atoms with E-state index in [4.69, 9.17) is 9.47 Å². The predicted molar refractivity (Wildman–Crippen MR) is 171 cm³/mol. The van der Waals surface area contributed by atoms with E-state index in [1.165, 1.54) is 0 Å². The number of hydrogen-bond donors (Lipinski definition) is 2. The number of piperidine rings is 1. The fourth-order valence-corrected chi connectivity index (χ4v) is 6.90. The van der Waals surface area contributed by atoms with Gasteiger partial charge in [-0.25, -0.2) is 13.2 Å². The van der Waals surface area contributed by atoms with Crippen molar-refractivity contribution >= 4 is 33.7 Å². The summed E-state index contributed by atoms with van der Waals surface area (Å²) in [5.74, 6) is -1.53. The summed E-state index contributed by atoms with van der Waals surface area (Å²) in [5.41, 5.74) is 1.47. The van der Waals surface area contributed by atoms with Gasteiger partial charge in [-0.05, 0) is 63.4 Å². The topological polar surface area (TPSA) is 138 Å². The van der Waals surface area contributed by atoms with E-state index in [2.05, 4.69) is 19.8 Å². The summed E-state index contributed by atoms with van der Waals surface area (Å²) in [4.78, 5) is 44.1. The number of anilines is 1. The van der Waals surface area contributed by atoms with Gasteiger partial charge in [0, 0.05) is 63.1 Å². The highest BCUT2D eigenvalue weighted by Crippen LogP contribution is 2.23. The molecule has 4 rings (SSSR count). The molecular formula is C32H45N5O7S. The molecule has 0 unspecified atom stereocenters. The molecule has 2 aliphatic rings. The molecule has 2 N–H and O–H groups in total. The lowest BCUT2D eigenvalue weighted by atomic mass is 10.0. The molecule has 246 valence electrons. The van der Waals surface area contributed by atoms with Crippen LogP contribution in [0.5, 0.6) is 0 Å². The lowest BCUT2D eigenvalue weighted by molar-refractivity contribution is -0.142. The van der Waals surface area contributed by atoms with Gasteiger partial charge in [0.1, 0.15) is 11.6 Å². The number of nitrogens with zero attached hydrogens (tertiary/aromatic N) is 3. The molecular weight excluding hydrogens is 598 g/mol. The summed E-state index contributed by atoms with van der Waals surface area (Å²) >= 11 is 0. The number of benzene rings is 2. The first-order valence-electron chi connectivity index (χ1n) is 15.3. The van der Waals surface area contributed by atoms with Crippen molar-refractivity contribution in [1.82, 2.24) is 19.8 Å². The van der Waals surface area contributed by atoms with Crippen molar-refractivity contribution < 1.29 is 32.3 Å². The number of methoxy groups -OCH3 is 1. The first-order valence-corrected chi connectivity index (χ1v) is 17.0. The molecule has 2 amide bonds. The maximum absolute atomic E-state index is 12.9. The molecule has 0 bridgehead atoms. The number of nitrogens with one attached hydrogen (secondary N) is 2. The van der Waals surface area contributed by atoms with E-state index in [1.807, 2.05) is 32.9 Å². The van der Waals surface area contributed by atoms with Crippen LogP contribution in [0, 0.1) is 0 Å². The zero-order valence-corrected chi connectivity index (χ0v) is 27.3. The summed E-state index contributed by atoms with van der Waals surface area (Å²) in [6.45, 7) is 10.3. The van der Waals surface area contributed by atoms with Crippen molar-refractivity contribution in [2.75, 3.05) is 57.8 Å². The zero-order chi connectivity index (χ0) is 32.6. The Labute approximate surface area is 266 Å². The molecule has 45 heavy (non-hydrogen) atoms. The quantitative estimate of drug-likeness (QED) is 0.375. The number of piperazine rings is 1. The Hall–Kier alpha value is -3.68. The highest BCUT2D eigenvalue weighted by molar-refractivity contribution is 7.88. The van der Waals surface area contributed by atoms with Crippen LogP contribution in [0.4, 0.5) is 10.5 Å². The molecule has 0 radical (unpaired) electrons. The first kappa shape index (κ1) is 34.2. The summed E-state index contributed by atoms with van der Waals surface area (Å²) in [7, 11) is -2.71. The molecule has 0 aliphatic carbocycles. The Morgan fingerprint density at radius 3 is 2.11 bits per heavy atom. The van der Waals surface area contributed by atoms with Crippen molar-refractivity contribution in [2.24, 2.45) is 0 Å². The largest absolute Gasteiger partial charge is 0.468 e. The average molecular weight is 644 g/mol. The Kier molecular flexibility index (Phi) is 11.5. The Bertz CT molecular complexity index is 1400. The highest BCUT2D eigenvalue weighted by atomic mass is 32.2. The van der Waals surface area contributed by atoms with Gasteiger partial charge in [-0.1, -0.05) is 30.3 Å². The van der Waals surface area contributed by atoms with Crippen LogP contribution in [-0.4, -0.2) is 107 Å². The first-order chi connectivity index (χ1) is 21.3. The van der Waals surface area contributed by atoms with Gasteiger partial charge in [-0.15, -0.1) is 0 Å². The maximum Gasteiger partial charge on any atom is 0.410 e. The molecule has 12 nitrogen and oxygen atoms in total. The monoisotopic (exact) mass is 643 g/mol. The number of sulfonamides is 1. The molecule has 13 heteroatoms. The van der Waals surface area contributed by atoms with Gasteiger partial charge in [-0.2, -0.15) is 4.72 Å². The molecule has 2 aromatic carbocycles. The van der Waals surface area contributed by atoms with Gasteiger partial charge in [0.2, 0.25) is 10.0 Å². The van der Waals surface area contributed by atoms with E-state index in [0.717, 1.165) is 51.8 Å². The number of amides is 2. The lowest BCUT2D eigenvalue weighted by Gasteiger charge is -2.43. The Morgan fingerprint density at radius 2 is 1.53 bits per heavy atom. The molecule has 2 fully saturated rings. The van der Waals surface area contributed by atoms with E-state index in [1.54, 1.807) is 47.4 Å². The fourth-order valence-electron chi connectivity index (χ4n) is 5.57. The van der Waals surface area contributed by atoms with Gasteiger partial charge >= 0.3 is 12.1 Å². The Balaban J connectivity index is 1.24. The van der Waals surface area contributed by atoms with Crippen molar-refractivity contribution in [3.63, 3.8) is 0 Å². The number of ether oxygens (including phenoxy) is 2. The molecule has 0 saturated carbocycles. The summed E-state index contributed by atoms with van der Waals surface area (Å²) in [6.07, 6.45) is 1.61. The minimum Gasteiger partial charge on any atom is -0.468 e. The van der Waals surface area contributed by atoms with E-state index >= 15 is 0 Å². The second-order valence-corrected chi connectivity index (χ2v) is 14.2. The average Bonchev–Trinajstić information content (AvgIpc) is 3.02. The van der Waals surface area contributed by atoms with Crippen LogP contribution in [0.2, 0.25) is 0 Å². The van der Waals surface area contributed by atoms with Gasteiger partial charge in [0.25, 0.3) is 5.91 Å². The number of likely N-dealkylation sites (tertiary alicyclic amines) is 1. The second-order valence-electron chi connectivity index (χ2n) is 12.4. The van der Waals surface area contributed by atoms with Crippen molar-refractivity contribution in [3.05, 3.63) is 65.7 Å². The molecule has 1 atom stereocenters. The number of carbonyl (C=O) groups is 3. The van der Waals surface area contributed by atoms with Crippen molar-refractivity contribution in [2.45, 2.75) is 57.1 Å². The van der Waals surface area contributed by atoms with Crippen LogP contribution >= 0.6 is 0 Å². The predicted octanol–water partition coefficient (Wildman–Crippen LogP) is 2.60. The standard InChI is InChI=1S/C32H45N5O7S/c1-32(2,3)44-31(40)37-16-14-27(15-17-37)36-20-18-35(19-21-36)26-12-10-25(11-13-26)29(38)33-22-28(30(39)43-4)34-45(41,42)23-24-8-6-5-7-9-24/h5-13,27-28,34H,14-23H2,1-4H3,(H,33,38)/t28-/m0/s1. The normalized spacial score (nSPS) is 17.4. The lowest BCUT2D eigenvalue weighted by Crippen LogP contribution is -2.54. The van der Waals surface area contributed by atoms with Crippen LogP contribution in [0.15, 0.2) is 54.6 Å². The SMILES string of the molecule is COC(=O)[C@H](CNC(=O)c1ccc(N2CCN(C3CCN(C(=O)OC(C)(C)C)CC3)CC2)cc1)NS(=O)(=O)Cc1ccccc1. The molecule has 0 aromatic heterocycles. The van der Waals surface area contributed by atoms with Crippen molar-refractivity contribution in [1.29, 1.82) is 0 Å². The third kappa shape index (κ3) is 10.2. The number of rotatable bonds is 10. The van der Waals surface area contributed by atoms with Gasteiger partial charge < -0.3 is 24.6 Å². The van der Waals surface area contributed by atoms with E-state index in [0.29, 0.717) is 30.3 Å². The molecule has 2 aliphatic heterocycles. The third-order valence-electron chi connectivity index (χ3n) is 7.92. The van der Waals surface area contributed by atoms with Gasteiger partial charge in [0.05, 0.1) is 12.9 Å². The summed E-state index contributed by atoms with van der Waals surface area (Å²) < 4.78 is 37.9. The fraction of sp³-hybridized carbons (Fsp3) is 0.531. The molecule has 0 spiro atoms. The van der Waals surface area contributed by atoms with Crippen LogP contribution in [-0.2, 0) is 30.0 Å². The van der Waals surface area contributed by atoms with Crippen LogP contribution < -0.4 is 14.9 Å².